The highest BCUT2D eigenvalue weighted by atomic mass is 19.1. The molecule has 1 saturated heterocycles. The van der Waals surface area contributed by atoms with Crippen molar-refractivity contribution in [2.75, 3.05) is 13.1 Å². The molecule has 0 aromatic heterocycles. The predicted octanol–water partition coefficient (Wildman–Crippen LogP) is 3.08. The Morgan fingerprint density at radius 3 is 2.36 bits per heavy atom. The summed E-state index contributed by atoms with van der Waals surface area (Å²) in [7, 11) is 0. The highest BCUT2D eigenvalue weighted by Gasteiger charge is 2.42. The molecule has 5 heteroatoms. The van der Waals surface area contributed by atoms with Gasteiger partial charge in [0.15, 0.2) is 0 Å². The molecule has 0 unspecified atom stereocenters. The van der Waals surface area contributed by atoms with Crippen LogP contribution in [0.2, 0.25) is 0 Å². The lowest BCUT2D eigenvalue weighted by Gasteiger charge is -2.23. The van der Waals surface area contributed by atoms with Crippen molar-refractivity contribution in [2.45, 2.75) is 52.0 Å². The molecule has 0 spiro atoms. The number of nitrogens with zero attached hydrogens (tertiary/aromatic N) is 1. The fourth-order valence-electron chi connectivity index (χ4n) is 3.42. The molecule has 0 bridgehead atoms. The molecular weight excluding hydrogens is 319 g/mol. The first-order valence-corrected chi connectivity index (χ1v) is 9.06. The minimum atomic E-state index is -0.290. The third-order valence-electron chi connectivity index (χ3n) is 4.91. The Labute approximate surface area is 148 Å². The van der Waals surface area contributed by atoms with Crippen molar-refractivity contribution >= 4 is 11.8 Å². The largest absolute Gasteiger partial charge is 0.353 e. The van der Waals surface area contributed by atoms with Crippen LogP contribution in [0.1, 0.15) is 51.5 Å². The zero-order valence-corrected chi connectivity index (χ0v) is 15.2. The maximum absolute atomic E-state index is 13.3. The Hall–Kier alpha value is -1.91. The quantitative estimate of drug-likeness (QED) is 0.911. The summed E-state index contributed by atoms with van der Waals surface area (Å²) in [6.45, 7) is 7.07. The van der Waals surface area contributed by atoms with Gasteiger partial charge < -0.3 is 10.2 Å². The van der Waals surface area contributed by atoms with Crippen LogP contribution in [0.5, 0.6) is 0 Å². The normalized spacial score (nSPS) is 23.6. The standard InChI is InChI=1S/C20H27FN2O2/c1-20(2,3)10-18(24)23-11-16(13-4-6-14(21)7-5-13)17(12-23)19(25)22-15-8-9-15/h4-7,15-17H,8-12H2,1-3H3,(H,22,25)/t16-,17+/m0/s1. The summed E-state index contributed by atoms with van der Waals surface area (Å²) < 4.78 is 13.3. The van der Waals surface area contributed by atoms with Gasteiger partial charge in [0.2, 0.25) is 11.8 Å². The highest BCUT2D eigenvalue weighted by molar-refractivity contribution is 5.84. The van der Waals surface area contributed by atoms with E-state index in [1.165, 1.54) is 12.1 Å². The van der Waals surface area contributed by atoms with Crippen LogP contribution in [-0.2, 0) is 9.59 Å². The van der Waals surface area contributed by atoms with Crippen molar-refractivity contribution in [3.63, 3.8) is 0 Å². The molecule has 1 saturated carbocycles. The van der Waals surface area contributed by atoms with Gasteiger partial charge in [-0.2, -0.15) is 0 Å². The summed E-state index contributed by atoms with van der Waals surface area (Å²) in [5, 5.41) is 3.06. The topological polar surface area (TPSA) is 49.4 Å². The molecule has 4 nitrogen and oxygen atoms in total. The van der Waals surface area contributed by atoms with E-state index in [9.17, 15) is 14.0 Å². The highest BCUT2D eigenvalue weighted by Crippen LogP contribution is 2.35. The lowest BCUT2D eigenvalue weighted by Crippen LogP contribution is -2.37. The van der Waals surface area contributed by atoms with Crippen molar-refractivity contribution in [1.82, 2.24) is 10.2 Å². The van der Waals surface area contributed by atoms with Crippen LogP contribution in [0.4, 0.5) is 4.39 Å². The first-order chi connectivity index (χ1) is 11.7. The van der Waals surface area contributed by atoms with Crippen LogP contribution in [0, 0.1) is 17.2 Å². The number of benzene rings is 1. The lowest BCUT2D eigenvalue weighted by molar-refractivity contribution is -0.132. The van der Waals surface area contributed by atoms with E-state index < -0.39 is 0 Å². The number of amides is 2. The van der Waals surface area contributed by atoms with Crippen LogP contribution in [0.25, 0.3) is 0 Å². The second kappa shape index (κ2) is 6.77. The van der Waals surface area contributed by atoms with Crippen LogP contribution in [0.15, 0.2) is 24.3 Å². The predicted molar refractivity (Wildman–Crippen MR) is 94.4 cm³/mol. The average molecular weight is 346 g/mol. The molecule has 0 radical (unpaired) electrons. The molecule has 1 heterocycles. The number of nitrogens with one attached hydrogen (secondary N) is 1. The van der Waals surface area contributed by atoms with Gasteiger partial charge in [0, 0.05) is 31.5 Å². The smallest absolute Gasteiger partial charge is 0.225 e. The number of halogens is 1. The van der Waals surface area contributed by atoms with E-state index in [4.69, 9.17) is 0 Å². The lowest BCUT2D eigenvalue weighted by atomic mass is 9.88. The summed E-state index contributed by atoms with van der Waals surface area (Å²) in [4.78, 5) is 27.1. The van der Waals surface area contributed by atoms with Crippen LogP contribution < -0.4 is 5.32 Å². The van der Waals surface area contributed by atoms with Gasteiger partial charge in [0.05, 0.1) is 5.92 Å². The first-order valence-electron chi connectivity index (χ1n) is 9.06. The molecule has 2 amide bonds. The van der Waals surface area contributed by atoms with E-state index in [1.807, 2.05) is 20.8 Å². The Balaban J connectivity index is 1.77. The van der Waals surface area contributed by atoms with Gasteiger partial charge in [-0.15, -0.1) is 0 Å². The average Bonchev–Trinajstić information content (AvgIpc) is 3.21. The zero-order valence-electron chi connectivity index (χ0n) is 15.2. The van der Waals surface area contributed by atoms with Crippen molar-refractivity contribution in [3.8, 4) is 0 Å². The van der Waals surface area contributed by atoms with Crippen LogP contribution in [0.3, 0.4) is 0 Å². The number of carbonyl (C=O) groups excluding carboxylic acids is 2. The number of carbonyl (C=O) groups is 2. The monoisotopic (exact) mass is 346 g/mol. The van der Waals surface area contributed by atoms with Crippen molar-refractivity contribution in [2.24, 2.45) is 11.3 Å². The SMILES string of the molecule is CC(C)(C)CC(=O)N1C[C@@H](C(=O)NC2CC2)[C@H](c2ccc(F)cc2)C1. The third-order valence-corrected chi connectivity index (χ3v) is 4.91. The van der Waals surface area contributed by atoms with Crippen molar-refractivity contribution in [3.05, 3.63) is 35.6 Å². The molecule has 136 valence electrons. The van der Waals surface area contributed by atoms with E-state index in [-0.39, 0.29) is 34.9 Å². The first kappa shape index (κ1) is 17.9. The van der Waals surface area contributed by atoms with E-state index in [1.54, 1.807) is 17.0 Å². The number of hydrogen-bond acceptors (Lipinski definition) is 2. The molecule has 2 aliphatic rings. The maximum Gasteiger partial charge on any atom is 0.225 e. The minimum absolute atomic E-state index is 0.0166. The molecular formula is C20H27FN2O2. The fraction of sp³-hybridized carbons (Fsp3) is 0.600. The molecule has 1 aliphatic carbocycles. The summed E-state index contributed by atoms with van der Waals surface area (Å²) in [6.07, 6.45) is 2.53. The Bertz CT molecular complexity index is 647. The summed E-state index contributed by atoms with van der Waals surface area (Å²) >= 11 is 0. The number of likely N-dealkylation sites (tertiary alicyclic amines) is 1. The van der Waals surface area contributed by atoms with Gasteiger partial charge >= 0.3 is 0 Å². The summed E-state index contributed by atoms with van der Waals surface area (Å²) in [6, 6.07) is 6.60. The molecule has 2 fully saturated rings. The van der Waals surface area contributed by atoms with Gasteiger partial charge in [-0.05, 0) is 36.0 Å². The van der Waals surface area contributed by atoms with Gasteiger partial charge in [0.25, 0.3) is 0 Å². The molecule has 2 atom stereocenters. The molecule has 1 aromatic carbocycles. The second-order valence-corrected chi connectivity index (χ2v) is 8.58. The van der Waals surface area contributed by atoms with E-state index in [0.29, 0.717) is 25.6 Å². The Morgan fingerprint density at radius 1 is 1.16 bits per heavy atom. The molecule has 1 aliphatic heterocycles. The van der Waals surface area contributed by atoms with E-state index >= 15 is 0 Å². The van der Waals surface area contributed by atoms with Crippen molar-refractivity contribution in [1.29, 1.82) is 0 Å². The minimum Gasteiger partial charge on any atom is -0.353 e. The van der Waals surface area contributed by atoms with Gasteiger partial charge in [-0.25, -0.2) is 4.39 Å². The van der Waals surface area contributed by atoms with E-state index in [2.05, 4.69) is 5.32 Å². The second-order valence-electron chi connectivity index (χ2n) is 8.58. The van der Waals surface area contributed by atoms with Crippen molar-refractivity contribution < 1.29 is 14.0 Å². The van der Waals surface area contributed by atoms with Gasteiger partial charge in [0.1, 0.15) is 5.82 Å². The third kappa shape index (κ3) is 4.59. The fourth-order valence-corrected chi connectivity index (χ4v) is 3.42. The summed E-state index contributed by atoms with van der Waals surface area (Å²) in [5.74, 6) is -0.538. The molecule has 3 rings (SSSR count). The number of rotatable bonds is 4. The van der Waals surface area contributed by atoms with Gasteiger partial charge in [-0.1, -0.05) is 32.9 Å². The molecule has 25 heavy (non-hydrogen) atoms. The van der Waals surface area contributed by atoms with Crippen LogP contribution >= 0.6 is 0 Å². The van der Waals surface area contributed by atoms with Gasteiger partial charge in [-0.3, -0.25) is 9.59 Å². The van der Waals surface area contributed by atoms with E-state index in [0.717, 1.165) is 18.4 Å². The van der Waals surface area contributed by atoms with Crippen LogP contribution in [-0.4, -0.2) is 35.8 Å². The Kier molecular flexibility index (Phi) is 4.85. The molecule has 1 aromatic rings. The summed E-state index contributed by atoms with van der Waals surface area (Å²) in [5.41, 5.74) is 0.833. The Morgan fingerprint density at radius 2 is 1.80 bits per heavy atom. The molecule has 1 N–H and O–H groups in total. The maximum atomic E-state index is 13.3. The zero-order chi connectivity index (χ0) is 18.2. The number of hydrogen-bond donors (Lipinski definition) is 1.